The number of aliphatic hydroxyl groups is 1. The van der Waals surface area contributed by atoms with Crippen molar-refractivity contribution in [2.24, 2.45) is 5.92 Å². The zero-order valence-electron chi connectivity index (χ0n) is 10.5. The maximum Gasteiger partial charge on any atom is 0.0620 e. The highest BCUT2D eigenvalue weighted by molar-refractivity contribution is 6.20. The van der Waals surface area contributed by atoms with Crippen molar-refractivity contribution in [1.29, 1.82) is 0 Å². The van der Waals surface area contributed by atoms with Crippen LogP contribution in [0.15, 0.2) is 0 Å². The average Bonchev–Trinajstić information content (AvgIpc) is 2.27. The van der Waals surface area contributed by atoms with Crippen LogP contribution in [0.2, 0.25) is 0 Å². The van der Waals surface area contributed by atoms with Crippen LogP contribution in [0.3, 0.4) is 0 Å². The van der Waals surface area contributed by atoms with Crippen LogP contribution in [0, 0.1) is 5.92 Å². The minimum Gasteiger partial charge on any atom is -0.396 e. The molecule has 0 radical (unpaired) electrons. The highest BCUT2D eigenvalue weighted by atomic mass is 35.5. The predicted molar refractivity (Wildman–Crippen MR) is 67.9 cm³/mol. The van der Waals surface area contributed by atoms with Crippen LogP contribution >= 0.6 is 11.6 Å². The molecule has 0 saturated carbocycles. The van der Waals surface area contributed by atoms with Crippen LogP contribution in [0.4, 0.5) is 0 Å². The standard InChI is InChI=1S/C13H25ClO2/c1-3-10(4-2)13-9-11(14)8-12(16-13)6-5-7-15/h10-13,15H,3-9H2,1-2H3/t11-,12+,13+/m0/s1. The van der Waals surface area contributed by atoms with Crippen LogP contribution in [0.25, 0.3) is 0 Å². The van der Waals surface area contributed by atoms with Gasteiger partial charge in [0, 0.05) is 12.0 Å². The molecule has 3 heteroatoms. The fraction of sp³-hybridized carbons (Fsp3) is 1.00. The molecule has 1 aliphatic heterocycles. The first-order valence-electron chi connectivity index (χ1n) is 6.61. The number of rotatable bonds is 6. The molecule has 1 saturated heterocycles. The van der Waals surface area contributed by atoms with Crippen molar-refractivity contribution in [2.45, 2.75) is 70.0 Å². The summed E-state index contributed by atoms with van der Waals surface area (Å²) in [4.78, 5) is 0. The van der Waals surface area contributed by atoms with Gasteiger partial charge in [0.1, 0.15) is 0 Å². The molecule has 1 aliphatic rings. The lowest BCUT2D eigenvalue weighted by Gasteiger charge is -2.37. The summed E-state index contributed by atoms with van der Waals surface area (Å²) < 4.78 is 6.11. The summed E-state index contributed by atoms with van der Waals surface area (Å²) in [5.74, 6) is 0.637. The van der Waals surface area contributed by atoms with Gasteiger partial charge < -0.3 is 9.84 Å². The third-order valence-electron chi connectivity index (χ3n) is 3.63. The number of halogens is 1. The Morgan fingerprint density at radius 1 is 1.31 bits per heavy atom. The molecule has 0 aliphatic carbocycles. The van der Waals surface area contributed by atoms with Crippen molar-refractivity contribution >= 4 is 11.6 Å². The Bertz CT molecular complexity index is 183. The normalized spacial score (nSPS) is 30.9. The smallest absolute Gasteiger partial charge is 0.0620 e. The van der Waals surface area contributed by atoms with Crippen LogP contribution in [0.1, 0.15) is 52.4 Å². The molecule has 1 fully saturated rings. The Morgan fingerprint density at radius 3 is 2.56 bits per heavy atom. The van der Waals surface area contributed by atoms with Crippen molar-refractivity contribution in [3.63, 3.8) is 0 Å². The first-order valence-corrected chi connectivity index (χ1v) is 7.05. The molecular formula is C13H25ClO2. The lowest BCUT2D eigenvalue weighted by molar-refractivity contribution is -0.0813. The van der Waals surface area contributed by atoms with E-state index in [9.17, 15) is 0 Å². The van der Waals surface area contributed by atoms with Gasteiger partial charge in [0.2, 0.25) is 0 Å². The number of ether oxygens (including phenoxy) is 1. The topological polar surface area (TPSA) is 29.5 Å². The van der Waals surface area contributed by atoms with Crippen molar-refractivity contribution in [3.05, 3.63) is 0 Å². The third-order valence-corrected chi connectivity index (χ3v) is 3.99. The van der Waals surface area contributed by atoms with E-state index in [4.69, 9.17) is 21.4 Å². The monoisotopic (exact) mass is 248 g/mol. The van der Waals surface area contributed by atoms with Gasteiger partial charge in [-0.1, -0.05) is 26.7 Å². The minimum absolute atomic E-state index is 0.252. The summed E-state index contributed by atoms with van der Waals surface area (Å²) in [5, 5.41) is 9.09. The molecule has 3 atom stereocenters. The van der Waals surface area contributed by atoms with E-state index in [2.05, 4.69) is 13.8 Å². The van der Waals surface area contributed by atoms with Gasteiger partial charge >= 0.3 is 0 Å². The molecule has 0 unspecified atom stereocenters. The molecule has 0 aromatic rings. The largest absolute Gasteiger partial charge is 0.396 e. The Kier molecular flexibility index (Phi) is 6.71. The van der Waals surface area contributed by atoms with E-state index in [-0.39, 0.29) is 18.1 Å². The van der Waals surface area contributed by atoms with Crippen molar-refractivity contribution in [1.82, 2.24) is 0 Å². The van der Waals surface area contributed by atoms with E-state index in [1.165, 1.54) is 0 Å². The van der Waals surface area contributed by atoms with Gasteiger partial charge in [-0.05, 0) is 31.6 Å². The van der Waals surface area contributed by atoms with Crippen LogP contribution in [-0.4, -0.2) is 29.3 Å². The fourth-order valence-corrected chi connectivity index (χ4v) is 2.99. The Labute approximate surface area is 104 Å². The molecule has 0 aromatic heterocycles. The molecule has 2 nitrogen and oxygen atoms in total. The van der Waals surface area contributed by atoms with Crippen LogP contribution < -0.4 is 0 Å². The van der Waals surface area contributed by atoms with Gasteiger partial charge in [-0.15, -0.1) is 11.6 Å². The molecule has 0 bridgehead atoms. The molecular weight excluding hydrogens is 224 g/mol. The lowest BCUT2D eigenvalue weighted by atomic mass is 9.89. The van der Waals surface area contributed by atoms with Crippen molar-refractivity contribution < 1.29 is 9.84 Å². The van der Waals surface area contributed by atoms with E-state index >= 15 is 0 Å². The quantitative estimate of drug-likeness (QED) is 0.731. The number of aliphatic hydroxyl groups excluding tert-OH is 1. The van der Waals surface area contributed by atoms with E-state index in [0.29, 0.717) is 12.0 Å². The Balaban J connectivity index is 2.46. The molecule has 1 rings (SSSR count). The summed E-state index contributed by atoms with van der Waals surface area (Å²) in [6, 6.07) is 0. The highest BCUT2D eigenvalue weighted by Crippen LogP contribution is 2.32. The Morgan fingerprint density at radius 2 is 2.00 bits per heavy atom. The maximum absolute atomic E-state index is 8.84. The van der Waals surface area contributed by atoms with E-state index in [1.54, 1.807) is 0 Å². The van der Waals surface area contributed by atoms with Crippen molar-refractivity contribution in [2.75, 3.05) is 6.61 Å². The van der Waals surface area contributed by atoms with Crippen LogP contribution in [0.5, 0.6) is 0 Å². The molecule has 96 valence electrons. The zero-order chi connectivity index (χ0) is 12.0. The van der Waals surface area contributed by atoms with Crippen LogP contribution in [-0.2, 0) is 4.74 Å². The second kappa shape index (κ2) is 7.52. The fourth-order valence-electron chi connectivity index (χ4n) is 2.61. The number of alkyl halides is 1. The zero-order valence-corrected chi connectivity index (χ0v) is 11.2. The van der Waals surface area contributed by atoms with E-state index in [0.717, 1.165) is 38.5 Å². The highest BCUT2D eigenvalue weighted by Gasteiger charge is 2.31. The Hall–Kier alpha value is 0.210. The van der Waals surface area contributed by atoms with Gasteiger partial charge in [-0.25, -0.2) is 0 Å². The van der Waals surface area contributed by atoms with Gasteiger partial charge in [0.05, 0.1) is 12.2 Å². The van der Waals surface area contributed by atoms with E-state index in [1.807, 2.05) is 0 Å². The molecule has 0 aromatic carbocycles. The number of hydrogen-bond acceptors (Lipinski definition) is 2. The summed E-state index contributed by atoms with van der Waals surface area (Å²) in [6.45, 7) is 4.69. The van der Waals surface area contributed by atoms with Gasteiger partial charge in [-0.2, -0.15) is 0 Å². The van der Waals surface area contributed by atoms with E-state index < -0.39 is 0 Å². The van der Waals surface area contributed by atoms with Gasteiger partial charge in [0.25, 0.3) is 0 Å². The second-order valence-corrected chi connectivity index (χ2v) is 5.42. The van der Waals surface area contributed by atoms with Crippen molar-refractivity contribution in [3.8, 4) is 0 Å². The summed E-state index contributed by atoms with van der Waals surface area (Å²) in [6.07, 6.45) is 6.61. The average molecular weight is 249 g/mol. The maximum atomic E-state index is 8.84. The molecule has 0 amide bonds. The SMILES string of the molecule is CCC(CC)[C@H]1C[C@@H](Cl)C[C@@H](CCCO)O1. The summed E-state index contributed by atoms with van der Waals surface area (Å²) in [5.41, 5.74) is 0. The van der Waals surface area contributed by atoms with Gasteiger partial charge in [0.15, 0.2) is 0 Å². The molecule has 1 N–H and O–H groups in total. The lowest BCUT2D eigenvalue weighted by Crippen LogP contribution is -2.37. The predicted octanol–water partition coefficient (Wildman–Crippen LogP) is 3.35. The number of hydrogen-bond donors (Lipinski definition) is 1. The first-order chi connectivity index (χ1) is 7.71. The molecule has 16 heavy (non-hydrogen) atoms. The summed E-state index contributed by atoms with van der Waals surface area (Å²) >= 11 is 6.30. The second-order valence-electron chi connectivity index (χ2n) is 4.81. The molecule has 0 spiro atoms. The summed E-state index contributed by atoms with van der Waals surface area (Å²) in [7, 11) is 0. The minimum atomic E-state index is 0.252. The molecule has 1 heterocycles. The van der Waals surface area contributed by atoms with Gasteiger partial charge in [-0.3, -0.25) is 0 Å². The first kappa shape index (κ1) is 14.3. The third kappa shape index (κ3) is 4.23.